The van der Waals surface area contributed by atoms with Gasteiger partial charge in [0.15, 0.2) is 0 Å². The normalized spacial score (nSPS) is 10.8. The molecule has 17 heavy (non-hydrogen) atoms. The van der Waals surface area contributed by atoms with Crippen molar-refractivity contribution in [1.29, 1.82) is 0 Å². The third-order valence-electron chi connectivity index (χ3n) is 2.60. The maximum absolute atomic E-state index is 5.85. The maximum Gasteiger partial charge on any atom is 0.101 e. The SMILES string of the molecule is CCc1c(CCl)nnn1-c1cccc(SC)c1. The number of alkyl halides is 1. The van der Waals surface area contributed by atoms with Gasteiger partial charge >= 0.3 is 0 Å². The minimum absolute atomic E-state index is 0.408. The molecule has 0 aliphatic heterocycles. The van der Waals surface area contributed by atoms with Crippen LogP contribution in [0.3, 0.4) is 0 Å². The highest BCUT2D eigenvalue weighted by Gasteiger charge is 2.11. The number of benzene rings is 1. The van der Waals surface area contributed by atoms with Gasteiger partial charge in [-0.1, -0.05) is 18.2 Å². The van der Waals surface area contributed by atoms with Gasteiger partial charge in [0.2, 0.25) is 0 Å². The van der Waals surface area contributed by atoms with Crippen LogP contribution in [0.4, 0.5) is 0 Å². The fourth-order valence-corrected chi connectivity index (χ4v) is 2.40. The number of aromatic nitrogens is 3. The first-order chi connectivity index (χ1) is 8.30. The summed E-state index contributed by atoms with van der Waals surface area (Å²) < 4.78 is 1.87. The molecule has 5 heteroatoms. The first-order valence-electron chi connectivity index (χ1n) is 5.44. The van der Waals surface area contributed by atoms with E-state index in [-0.39, 0.29) is 0 Å². The van der Waals surface area contributed by atoms with Crippen LogP contribution in [0.5, 0.6) is 0 Å². The molecular formula is C12H14ClN3S. The molecule has 0 amide bonds. The summed E-state index contributed by atoms with van der Waals surface area (Å²) in [5.41, 5.74) is 2.99. The summed E-state index contributed by atoms with van der Waals surface area (Å²) in [4.78, 5) is 1.22. The predicted octanol–water partition coefficient (Wildman–Crippen LogP) is 3.29. The van der Waals surface area contributed by atoms with E-state index < -0.39 is 0 Å². The molecule has 1 aromatic carbocycles. The van der Waals surface area contributed by atoms with E-state index >= 15 is 0 Å². The van der Waals surface area contributed by atoms with Crippen molar-refractivity contribution in [2.75, 3.05) is 6.26 Å². The molecule has 0 aliphatic carbocycles. The van der Waals surface area contributed by atoms with Crippen molar-refractivity contribution in [2.24, 2.45) is 0 Å². The van der Waals surface area contributed by atoms with Crippen molar-refractivity contribution >= 4 is 23.4 Å². The third-order valence-corrected chi connectivity index (χ3v) is 3.58. The Balaban J connectivity index is 2.48. The number of halogens is 1. The molecule has 2 rings (SSSR count). The number of hydrogen-bond donors (Lipinski definition) is 0. The lowest BCUT2D eigenvalue weighted by Crippen LogP contribution is -2.02. The van der Waals surface area contributed by atoms with Crippen LogP contribution in [0.25, 0.3) is 5.69 Å². The summed E-state index contributed by atoms with van der Waals surface area (Å²) in [5.74, 6) is 0.408. The van der Waals surface area contributed by atoms with E-state index in [1.54, 1.807) is 11.8 Å². The summed E-state index contributed by atoms with van der Waals surface area (Å²) in [5, 5.41) is 8.29. The molecule has 0 aliphatic rings. The summed E-state index contributed by atoms with van der Waals surface area (Å²) in [6, 6.07) is 8.25. The Morgan fingerprint density at radius 2 is 2.24 bits per heavy atom. The number of hydrogen-bond acceptors (Lipinski definition) is 3. The minimum Gasteiger partial charge on any atom is -0.217 e. The van der Waals surface area contributed by atoms with Crippen LogP contribution in [0, 0.1) is 0 Å². The molecular weight excluding hydrogens is 254 g/mol. The number of nitrogens with zero attached hydrogens (tertiary/aromatic N) is 3. The van der Waals surface area contributed by atoms with Gasteiger partial charge in [-0.2, -0.15) is 0 Å². The Labute approximate surface area is 110 Å². The lowest BCUT2D eigenvalue weighted by Gasteiger charge is -2.06. The molecule has 0 spiro atoms. The summed E-state index contributed by atoms with van der Waals surface area (Å²) >= 11 is 7.57. The third kappa shape index (κ3) is 2.48. The van der Waals surface area contributed by atoms with Crippen molar-refractivity contribution < 1.29 is 0 Å². The topological polar surface area (TPSA) is 30.7 Å². The van der Waals surface area contributed by atoms with Crippen molar-refractivity contribution in [1.82, 2.24) is 15.0 Å². The highest BCUT2D eigenvalue weighted by Crippen LogP contribution is 2.20. The second kappa shape index (κ2) is 5.56. The zero-order chi connectivity index (χ0) is 12.3. The van der Waals surface area contributed by atoms with E-state index in [1.165, 1.54) is 4.90 Å². The number of thioether (sulfide) groups is 1. The van der Waals surface area contributed by atoms with Crippen LogP contribution in [-0.4, -0.2) is 21.2 Å². The predicted molar refractivity (Wildman–Crippen MR) is 72.1 cm³/mol. The van der Waals surface area contributed by atoms with Gasteiger partial charge < -0.3 is 0 Å². The molecule has 0 saturated heterocycles. The highest BCUT2D eigenvalue weighted by atomic mass is 35.5. The van der Waals surface area contributed by atoms with E-state index in [1.807, 2.05) is 16.8 Å². The van der Waals surface area contributed by atoms with Gasteiger partial charge in [0.05, 0.1) is 17.3 Å². The molecule has 0 N–H and O–H groups in total. The molecule has 0 bridgehead atoms. The van der Waals surface area contributed by atoms with Crippen LogP contribution < -0.4 is 0 Å². The van der Waals surface area contributed by atoms with E-state index in [4.69, 9.17) is 11.6 Å². The van der Waals surface area contributed by atoms with Gasteiger partial charge in [-0.15, -0.1) is 28.5 Å². The van der Waals surface area contributed by atoms with E-state index in [0.29, 0.717) is 5.88 Å². The molecule has 3 nitrogen and oxygen atoms in total. The average Bonchev–Trinajstić information content (AvgIpc) is 2.81. The lowest BCUT2D eigenvalue weighted by molar-refractivity contribution is 0.765. The quantitative estimate of drug-likeness (QED) is 0.629. The van der Waals surface area contributed by atoms with Gasteiger partial charge in [0, 0.05) is 4.90 Å². The van der Waals surface area contributed by atoms with Gasteiger partial charge in [0.1, 0.15) is 5.69 Å². The van der Waals surface area contributed by atoms with E-state index in [9.17, 15) is 0 Å². The average molecular weight is 268 g/mol. The second-order valence-corrected chi connectivity index (χ2v) is 4.73. The minimum atomic E-state index is 0.408. The van der Waals surface area contributed by atoms with Crippen molar-refractivity contribution in [2.45, 2.75) is 24.1 Å². The molecule has 1 heterocycles. The monoisotopic (exact) mass is 267 g/mol. The first kappa shape index (κ1) is 12.5. The fourth-order valence-electron chi connectivity index (χ4n) is 1.74. The summed E-state index contributed by atoms with van der Waals surface area (Å²) in [7, 11) is 0. The molecule has 0 saturated carbocycles. The highest BCUT2D eigenvalue weighted by molar-refractivity contribution is 7.98. The van der Waals surface area contributed by atoms with Crippen LogP contribution in [-0.2, 0) is 12.3 Å². The Kier molecular flexibility index (Phi) is 4.07. The van der Waals surface area contributed by atoms with Gasteiger partial charge in [-0.05, 0) is 30.9 Å². The van der Waals surface area contributed by atoms with Gasteiger partial charge in [0.25, 0.3) is 0 Å². The van der Waals surface area contributed by atoms with Crippen molar-refractivity contribution in [3.8, 4) is 5.69 Å². The second-order valence-electron chi connectivity index (χ2n) is 3.58. The zero-order valence-corrected chi connectivity index (χ0v) is 11.4. The van der Waals surface area contributed by atoms with Crippen LogP contribution in [0.1, 0.15) is 18.3 Å². The smallest absolute Gasteiger partial charge is 0.101 e. The van der Waals surface area contributed by atoms with Crippen molar-refractivity contribution in [3.63, 3.8) is 0 Å². The lowest BCUT2D eigenvalue weighted by atomic mass is 10.2. The van der Waals surface area contributed by atoms with Crippen LogP contribution in [0.15, 0.2) is 29.2 Å². The standard InChI is InChI=1S/C12H14ClN3S/c1-3-12-11(8-13)14-15-16(12)9-5-4-6-10(7-9)17-2/h4-7H,3,8H2,1-2H3. The van der Waals surface area contributed by atoms with Gasteiger partial charge in [-0.25, -0.2) is 4.68 Å². The zero-order valence-electron chi connectivity index (χ0n) is 9.85. The van der Waals surface area contributed by atoms with Crippen LogP contribution >= 0.6 is 23.4 Å². The molecule has 0 fully saturated rings. The largest absolute Gasteiger partial charge is 0.217 e. The first-order valence-corrected chi connectivity index (χ1v) is 7.20. The maximum atomic E-state index is 5.85. The van der Waals surface area contributed by atoms with Gasteiger partial charge in [-0.3, -0.25) is 0 Å². The Morgan fingerprint density at radius 3 is 2.88 bits per heavy atom. The Morgan fingerprint density at radius 1 is 1.41 bits per heavy atom. The molecule has 1 aromatic heterocycles. The molecule has 0 unspecified atom stereocenters. The van der Waals surface area contributed by atoms with E-state index in [0.717, 1.165) is 23.5 Å². The number of rotatable bonds is 4. The van der Waals surface area contributed by atoms with Crippen molar-refractivity contribution in [3.05, 3.63) is 35.7 Å². The fraction of sp³-hybridized carbons (Fsp3) is 0.333. The summed E-state index contributed by atoms with van der Waals surface area (Å²) in [6.07, 6.45) is 2.93. The molecule has 0 radical (unpaired) electrons. The molecule has 2 aromatic rings. The molecule has 0 atom stereocenters. The Bertz CT molecular complexity index is 510. The van der Waals surface area contributed by atoms with E-state index in [2.05, 4.69) is 35.6 Å². The van der Waals surface area contributed by atoms with Crippen LogP contribution in [0.2, 0.25) is 0 Å². The summed E-state index contributed by atoms with van der Waals surface area (Å²) in [6.45, 7) is 2.09. The Hall–Kier alpha value is -1.00. The molecule has 90 valence electrons.